The topological polar surface area (TPSA) is 81.9 Å². The molecule has 1 saturated heterocycles. The molecule has 3 heterocycles. The molecule has 190 valence electrons. The first-order chi connectivity index (χ1) is 18.1. The molecule has 3 aromatic rings. The van der Waals surface area contributed by atoms with Gasteiger partial charge in [-0.25, -0.2) is 0 Å². The number of nitrogens with zero attached hydrogens (tertiary/aromatic N) is 3. The van der Waals surface area contributed by atoms with Gasteiger partial charge in [0.25, 0.3) is 0 Å². The van der Waals surface area contributed by atoms with Crippen molar-refractivity contribution in [1.29, 1.82) is 0 Å². The Balaban J connectivity index is 1.29. The molecule has 0 radical (unpaired) electrons. The van der Waals surface area contributed by atoms with Crippen LogP contribution in [-0.2, 0) is 16.6 Å². The molecule has 6 aliphatic rings. The number of rotatable bonds is 5. The van der Waals surface area contributed by atoms with E-state index in [0.29, 0.717) is 17.9 Å². The molecular weight excluding hydrogens is 468 g/mol. The van der Waals surface area contributed by atoms with E-state index in [0.717, 1.165) is 43.0 Å². The Bertz CT molecular complexity index is 1440. The van der Waals surface area contributed by atoms with Gasteiger partial charge in [-0.2, -0.15) is 0 Å². The lowest BCUT2D eigenvalue weighted by Gasteiger charge is -2.70. The van der Waals surface area contributed by atoms with Gasteiger partial charge in [0.05, 0.1) is 18.4 Å². The summed E-state index contributed by atoms with van der Waals surface area (Å²) in [5.41, 5.74) is 2.55. The van der Waals surface area contributed by atoms with Gasteiger partial charge in [-0.1, -0.05) is 41.5 Å². The molecule has 1 N–H and O–H groups in total. The van der Waals surface area contributed by atoms with Gasteiger partial charge >= 0.3 is 6.01 Å². The minimum Gasteiger partial charge on any atom is -0.493 e. The second-order valence-electron chi connectivity index (χ2n) is 11.2. The number of ether oxygens (including phenoxy) is 3. The van der Waals surface area contributed by atoms with Gasteiger partial charge in [-0.15, -0.1) is 5.10 Å². The molecule has 9 rings (SSSR count). The minimum atomic E-state index is -0.739. The molecule has 6 atom stereocenters. The summed E-state index contributed by atoms with van der Waals surface area (Å²) in [7, 11) is 5.76. The maximum absolute atomic E-state index is 6.99. The molecule has 4 bridgehead atoms. The summed E-state index contributed by atoms with van der Waals surface area (Å²) in [6.07, 6.45) is 7.31. The lowest BCUT2D eigenvalue weighted by molar-refractivity contribution is -0.200. The highest BCUT2D eigenvalue weighted by Crippen LogP contribution is 2.75. The Labute approximate surface area is 215 Å². The second-order valence-corrected chi connectivity index (χ2v) is 11.2. The van der Waals surface area contributed by atoms with Gasteiger partial charge < -0.3 is 28.8 Å². The number of likely N-dealkylation sites (tertiary alicyclic amines) is 1. The number of para-hydroxylation sites is 1. The Hall–Kier alpha value is -3.36. The van der Waals surface area contributed by atoms with E-state index >= 15 is 0 Å². The average Bonchev–Trinajstić information content (AvgIpc) is 3.54. The van der Waals surface area contributed by atoms with Crippen molar-refractivity contribution in [2.75, 3.05) is 33.1 Å². The second kappa shape index (κ2) is 7.14. The molecule has 1 aromatic heterocycles. The standard InChI is InChI=1S/C29H30N4O4/c1-33-14-13-28-22-17-9-10-20(34-2)23(22)36-25(28)29(35-3)12-11-27(28,21(33)15-17)16-19(29)24-31-32-26(37-24)30-18-7-5-4-6-8-18/h4-12,19,21,25H,13-16H2,1-3H3,(H,30,32)/t19-,21-,25-,27-,28+,29-/m1/s1. The van der Waals surface area contributed by atoms with Crippen molar-refractivity contribution in [3.05, 3.63) is 71.6 Å². The van der Waals surface area contributed by atoms with Crippen molar-refractivity contribution in [1.82, 2.24) is 15.1 Å². The van der Waals surface area contributed by atoms with Crippen LogP contribution in [0.3, 0.4) is 0 Å². The summed E-state index contributed by atoms with van der Waals surface area (Å²) in [6, 6.07) is 14.9. The maximum Gasteiger partial charge on any atom is 0.320 e. The quantitative estimate of drug-likeness (QED) is 0.524. The first-order valence-electron chi connectivity index (χ1n) is 13.0. The summed E-state index contributed by atoms with van der Waals surface area (Å²) in [4.78, 5) is 2.54. The van der Waals surface area contributed by atoms with E-state index in [9.17, 15) is 0 Å². The third kappa shape index (κ3) is 2.42. The fraction of sp³-hybridized carbons (Fsp3) is 0.448. The van der Waals surface area contributed by atoms with Crippen molar-refractivity contribution in [3.63, 3.8) is 0 Å². The van der Waals surface area contributed by atoms with E-state index in [1.165, 1.54) is 11.1 Å². The highest BCUT2D eigenvalue weighted by Gasteiger charge is 2.79. The van der Waals surface area contributed by atoms with Crippen LogP contribution in [0.4, 0.5) is 11.7 Å². The fourth-order valence-corrected chi connectivity index (χ4v) is 8.56. The lowest BCUT2D eigenvalue weighted by Crippen LogP contribution is -2.78. The van der Waals surface area contributed by atoms with Crippen LogP contribution in [-0.4, -0.2) is 60.7 Å². The number of aromatic nitrogens is 2. The van der Waals surface area contributed by atoms with Gasteiger partial charge in [-0.05, 0) is 56.6 Å². The summed E-state index contributed by atoms with van der Waals surface area (Å²) in [6.45, 7) is 1.02. The fourth-order valence-electron chi connectivity index (χ4n) is 8.56. The SMILES string of the molecule is COc1ccc2c3c1O[C@H]1[C@@]4(OC)C=C[C@@]5(C[C@@H]4c4nnc(Nc6ccccc6)o4)[C@@H](C2)N(C)CC[C@]315. The number of likely N-dealkylation sites (N-methyl/N-ethyl adjacent to an activating group) is 1. The molecule has 0 unspecified atom stereocenters. The average molecular weight is 499 g/mol. The van der Waals surface area contributed by atoms with E-state index < -0.39 is 5.60 Å². The molecule has 4 aliphatic carbocycles. The van der Waals surface area contributed by atoms with E-state index in [2.05, 4.69) is 51.7 Å². The van der Waals surface area contributed by atoms with Crippen molar-refractivity contribution >= 4 is 11.7 Å². The van der Waals surface area contributed by atoms with Gasteiger partial charge in [-0.3, -0.25) is 0 Å². The highest BCUT2D eigenvalue weighted by molar-refractivity contribution is 5.66. The first-order valence-corrected chi connectivity index (χ1v) is 13.0. The molecule has 2 spiro atoms. The van der Waals surface area contributed by atoms with Gasteiger partial charge in [0.2, 0.25) is 5.89 Å². The lowest BCUT2D eigenvalue weighted by atomic mass is 9.37. The Morgan fingerprint density at radius 2 is 1.95 bits per heavy atom. The molecule has 2 fully saturated rings. The number of piperidine rings is 1. The largest absolute Gasteiger partial charge is 0.493 e. The Morgan fingerprint density at radius 1 is 1.08 bits per heavy atom. The Morgan fingerprint density at radius 3 is 2.76 bits per heavy atom. The van der Waals surface area contributed by atoms with Crippen molar-refractivity contribution in [3.8, 4) is 11.5 Å². The van der Waals surface area contributed by atoms with Gasteiger partial charge in [0.1, 0.15) is 11.7 Å². The number of benzene rings is 2. The molecule has 8 nitrogen and oxygen atoms in total. The zero-order chi connectivity index (χ0) is 25.0. The molecule has 0 amide bonds. The minimum absolute atomic E-state index is 0.137. The predicted molar refractivity (Wildman–Crippen MR) is 137 cm³/mol. The van der Waals surface area contributed by atoms with E-state index in [4.69, 9.17) is 18.6 Å². The summed E-state index contributed by atoms with van der Waals surface area (Å²) in [5, 5.41) is 12.1. The molecule has 2 aromatic carbocycles. The number of anilines is 2. The van der Waals surface area contributed by atoms with Crippen LogP contribution in [0.2, 0.25) is 0 Å². The highest BCUT2D eigenvalue weighted by atomic mass is 16.6. The number of hydrogen-bond donors (Lipinski definition) is 1. The van der Waals surface area contributed by atoms with E-state index in [-0.39, 0.29) is 22.9 Å². The van der Waals surface area contributed by atoms with E-state index in [1.807, 2.05) is 30.3 Å². The van der Waals surface area contributed by atoms with E-state index in [1.54, 1.807) is 14.2 Å². The number of fused-ring (bicyclic) bond motifs is 1. The molecule has 2 aliphatic heterocycles. The third-order valence-electron chi connectivity index (χ3n) is 10.0. The third-order valence-corrected chi connectivity index (χ3v) is 10.0. The van der Waals surface area contributed by atoms with Crippen LogP contribution in [0.25, 0.3) is 0 Å². The Kier molecular flexibility index (Phi) is 4.19. The zero-order valence-corrected chi connectivity index (χ0v) is 21.2. The van der Waals surface area contributed by atoms with Crippen LogP contribution >= 0.6 is 0 Å². The summed E-state index contributed by atoms with van der Waals surface area (Å²) >= 11 is 0. The molecule has 8 heteroatoms. The number of methoxy groups -OCH3 is 2. The molecule has 37 heavy (non-hydrogen) atoms. The van der Waals surface area contributed by atoms with Crippen molar-refractivity contribution < 1.29 is 18.6 Å². The summed E-state index contributed by atoms with van der Waals surface area (Å²) in [5.74, 6) is 2.12. The van der Waals surface area contributed by atoms with Gasteiger partial charge in [0, 0.05) is 29.8 Å². The van der Waals surface area contributed by atoms with Crippen molar-refractivity contribution in [2.24, 2.45) is 5.41 Å². The number of nitrogens with one attached hydrogen (secondary N) is 1. The maximum atomic E-state index is 6.99. The van der Waals surface area contributed by atoms with Crippen LogP contribution < -0.4 is 14.8 Å². The first kappa shape index (κ1) is 21.7. The van der Waals surface area contributed by atoms with Crippen LogP contribution in [0.1, 0.15) is 35.8 Å². The monoisotopic (exact) mass is 498 g/mol. The van der Waals surface area contributed by atoms with Crippen LogP contribution in [0.15, 0.2) is 59.0 Å². The number of hydrogen-bond acceptors (Lipinski definition) is 8. The zero-order valence-electron chi connectivity index (χ0n) is 21.2. The predicted octanol–water partition coefficient (Wildman–Crippen LogP) is 4.21. The smallest absolute Gasteiger partial charge is 0.320 e. The van der Waals surface area contributed by atoms with Crippen LogP contribution in [0.5, 0.6) is 11.5 Å². The van der Waals surface area contributed by atoms with Gasteiger partial charge in [0.15, 0.2) is 11.5 Å². The molecule has 1 saturated carbocycles. The summed E-state index contributed by atoms with van der Waals surface area (Å²) < 4.78 is 25.6. The molecular formula is C29H30N4O4. The van der Waals surface area contributed by atoms with Crippen molar-refractivity contribution in [2.45, 2.75) is 48.3 Å². The normalized spacial score (nSPS) is 36.2. The van der Waals surface area contributed by atoms with Crippen LogP contribution in [0, 0.1) is 5.41 Å².